The van der Waals surface area contributed by atoms with E-state index in [1.54, 1.807) is 0 Å². The lowest BCUT2D eigenvalue weighted by molar-refractivity contribution is 0.297. The molecule has 0 aliphatic carbocycles. The van der Waals surface area contributed by atoms with Crippen LogP contribution in [0.25, 0.3) is 0 Å². The molecule has 2 aliphatic heterocycles. The number of nitrogens with zero attached hydrogens (tertiary/aromatic N) is 2. The van der Waals surface area contributed by atoms with E-state index in [-0.39, 0.29) is 0 Å². The van der Waals surface area contributed by atoms with E-state index in [4.69, 9.17) is 9.47 Å². The smallest absolute Gasteiger partial charge is 0.123 e. The molecule has 0 unspecified atom stereocenters. The summed E-state index contributed by atoms with van der Waals surface area (Å²) in [5.41, 5.74) is 6.14. The van der Waals surface area contributed by atoms with Gasteiger partial charge in [-0.05, 0) is 79.1 Å². The van der Waals surface area contributed by atoms with Crippen molar-refractivity contribution in [3.05, 3.63) is 121 Å². The molecule has 5 aromatic rings. The van der Waals surface area contributed by atoms with Gasteiger partial charge in [0.1, 0.15) is 11.5 Å². The number of thiol groups is 1. The topological polar surface area (TPSA) is 24.9 Å². The summed E-state index contributed by atoms with van der Waals surface area (Å²) in [6.45, 7) is 3.00. The number of para-hydroxylation sites is 4. The zero-order valence-corrected chi connectivity index (χ0v) is 26.9. The Labute approximate surface area is 273 Å². The third-order valence-corrected chi connectivity index (χ3v) is 10.4. The van der Waals surface area contributed by atoms with Crippen LogP contribution in [0, 0.1) is 0 Å². The molecule has 2 heterocycles. The molecule has 0 aromatic heterocycles. The maximum absolute atomic E-state index is 6.28. The van der Waals surface area contributed by atoms with Crippen LogP contribution in [0.3, 0.4) is 0 Å². The van der Waals surface area contributed by atoms with Gasteiger partial charge in [0, 0.05) is 44.5 Å². The summed E-state index contributed by atoms with van der Waals surface area (Å²) in [7, 11) is 0. The summed E-state index contributed by atoms with van der Waals surface area (Å²) in [5.74, 6) is 2.29. The van der Waals surface area contributed by atoms with E-state index in [2.05, 4.69) is 132 Å². The average molecular weight is 635 g/mol. The summed E-state index contributed by atoms with van der Waals surface area (Å²) in [5, 5.41) is 0. The fraction of sp³-hybridized carbons (Fsp3) is 0.189. The Morgan fingerprint density at radius 1 is 0.500 bits per heavy atom. The number of anilines is 4. The van der Waals surface area contributed by atoms with E-state index in [0.717, 1.165) is 43.0 Å². The van der Waals surface area contributed by atoms with Gasteiger partial charge < -0.3 is 19.3 Å². The molecule has 0 amide bonds. The molecule has 44 heavy (non-hydrogen) atoms. The lowest BCUT2D eigenvalue weighted by Crippen LogP contribution is -2.23. The SMILES string of the molecule is SCc1cc(OCCCN2c3ccccc3Sc3ccccc32)cc(OCCCN2c3ccccc3Sc3ccccc32)c1. The molecule has 0 bridgehead atoms. The van der Waals surface area contributed by atoms with Gasteiger partial charge in [-0.1, -0.05) is 72.1 Å². The van der Waals surface area contributed by atoms with E-state index in [9.17, 15) is 0 Å². The molecule has 2 aliphatic rings. The van der Waals surface area contributed by atoms with Crippen molar-refractivity contribution in [3.8, 4) is 11.5 Å². The Hall–Kier alpha value is -3.65. The van der Waals surface area contributed by atoms with Crippen molar-refractivity contribution < 1.29 is 9.47 Å². The lowest BCUT2D eigenvalue weighted by atomic mass is 10.2. The number of rotatable bonds is 11. The van der Waals surface area contributed by atoms with E-state index >= 15 is 0 Å². The minimum atomic E-state index is 0.620. The summed E-state index contributed by atoms with van der Waals surface area (Å²) < 4.78 is 12.6. The van der Waals surface area contributed by atoms with Crippen molar-refractivity contribution >= 4 is 58.9 Å². The zero-order valence-electron chi connectivity index (χ0n) is 24.4. The largest absolute Gasteiger partial charge is 0.493 e. The molecule has 7 rings (SSSR count). The van der Waals surface area contributed by atoms with Gasteiger partial charge in [-0.25, -0.2) is 0 Å². The zero-order chi connectivity index (χ0) is 29.7. The molecule has 0 fully saturated rings. The third-order valence-electron chi connectivity index (χ3n) is 7.78. The number of fused-ring (bicyclic) bond motifs is 4. The fourth-order valence-corrected chi connectivity index (χ4v) is 8.13. The van der Waals surface area contributed by atoms with Crippen LogP contribution >= 0.6 is 36.2 Å². The third kappa shape index (κ3) is 6.27. The van der Waals surface area contributed by atoms with E-state index in [1.807, 2.05) is 29.6 Å². The lowest BCUT2D eigenvalue weighted by Gasteiger charge is -2.32. The average Bonchev–Trinajstić information content (AvgIpc) is 3.07. The predicted molar refractivity (Wildman–Crippen MR) is 187 cm³/mol. The highest BCUT2D eigenvalue weighted by Crippen LogP contribution is 2.49. The van der Waals surface area contributed by atoms with E-state index < -0.39 is 0 Å². The molecule has 0 spiro atoms. The van der Waals surface area contributed by atoms with E-state index in [0.29, 0.717) is 19.0 Å². The second-order valence-corrected chi connectivity index (χ2v) is 13.2. The van der Waals surface area contributed by atoms with Gasteiger partial charge in [0.2, 0.25) is 0 Å². The van der Waals surface area contributed by atoms with Crippen molar-refractivity contribution in [1.29, 1.82) is 0 Å². The van der Waals surface area contributed by atoms with Crippen molar-refractivity contribution in [2.24, 2.45) is 0 Å². The van der Waals surface area contributed by atoms with Crippen LogP contribution in [0.4, 0.5) is 22.7 Å². The summed E-state index contributed by atoms with van der Waals surface area (Å²) in [6.07, 6.45) is 1.79. The Balaban J connectivity index is 0.959. The van der Waals surface area contributed by atoms with Crippen LogP contribution in [0.5, 0.6) is 11.5 Å². The molecule has 7 heteroatoms. The number of hydrogen-bond acceptors (Lipinski definition) is 7. The molecule has 0 atom stereocenters. The standard InChI is InChI=1S/C37H34N2O2S3/c42-26-27-23-28(40-21-9-19-38-30-11-1-5-15-34(30)43-35-16-6-2-12-31(35)38)25-29(24-27)41-22-10-20-39-32-13-3-7-17-36(32)44-37-18-8-4-14-33(37)39/h1-8,11-18,23-25,42H,9-10,19-22,26H2. The quantitative estimate of drug-likeness (QED) is 0.115. The normalized spacial score (nSPS) is 13.0. The van der Waals surface area contributed by atoms with E-state index in [1.165, 1.54) is 42.3 Å². The monoisotopic (exact) mass is 634 g/mol. The first kappa shape index (κ1) is 29.1. The number of hydrogen-bond donors (Lipinski definition) is 1. The number of benzene rings is 5. The van der Waals surface area contributed by atoms with Gasteiger partial charge >= 0.3 is 0 Å². The van der Waals surface area contributed by atoms with Crippen molar-refractivity contribution in [3.63, 3.8) is 0 Å². The van der Waals surface area contributed by atoms with Gasteiger partial charge in [-0.3, -0.25) is 0 Å². The molecule has 0 saturated carbocycles. The Bertz CT molecular complexity index is 1550. The minimum absolute atomic E-state index is 0.620. The number of ether oxygens (including phenoxy) is 2. The molecule has 0 N–H and O–H groups in total. The summed E-state index contributed by atoms with van der Waals surface area (Å²) in [4.78, 5) is 10.0. The molecule has 222 valence electrons. The first-order valence-corrected chi connectivity index (χ1v) is 17.3. The molecule has 0 saturated heterocycles. The second kappa shape index (κ2) is 13.6. The van der Waals surface area contributed by atoms with Crippen LogP contribution < -0.4 is 19.3 Å². The molecular formula is C37H34N2O2S3. The Morgan fingerprint density at radius 3 is 1.23 bits per heavy atom. The van der Waals surface area contributed by atoms with Crippen LogP contribution in [0.1, 0.15) is 18.4 Å². The van der Waals surface area contributed by atoms with Gasteiger partial charge in [0.15, 0.2) is 0 Å². The first-order valence-electron chi connectivity index (χ1n) is 15.0. The van der Waals surface area contributed by atoms with Gasteiger partial charge in [0.25, 0.3) is 0 Å². The van der Waals surface area contributed by atoms with Crippen molar-refractivity contribution in [2.75, 3.05) is 36.1 Å². The minimum Gasteiger partial charge on any atom is -0.493 e. The van der Waals surface area contributed by atoms with Crippen LogP contribution in [0.2, 0.25) is 0 Å². The van der Waals surface area contributed by atoms with Gasteiger partial charge in [0.05, 0.1) is 36.0 Å². The Kier molecular flexibility index (Phi) is 8.96. The molecule has 5 aromatic carbocycles. The predicted octanol–water partition coefficient (Wildman–Crippen LogP) is 10.3. The maximum Gasteiger partial charge on any atom is 0.123 e. The highest BCUT2D eigenvalue weighted by atomic mass is 32.2. The molecular weight excluding hydrogens is 601 g/mol. The van der Waals surface area contributed by atoms with Gasteiger partial charge in [-0.15, -0.1) is 0 Å². The highest BCUT2D eigenvalue weighted by molar-refractivity contribution is 8.00. The second-order valence-electron chi connectivity index (χ2n) is 10.8. The Morgan fingerprint density at radius 2 is 0.864 bits per heavy atom. The maximum atomic E-state index is 6.28. The van der Waals surface area contributed by atoms with Crippen LogP contribution in [-0.2, 0) is 5.75 Å². The van der Waals surface area contributed by atoms with Crippen LogP contribution in [0.15, 0.2) is 135 Å². The van der Waals surface area contributed by atoms with Crippen molar-refractivity contribution in [1.82, 2.24) is 0 Å². The summed E-state index contributed by atoms with van der Waals surface area (Å²) >= 11 is 8.22. The first-order chi connectivity index (χ1) is 21.8. The molecule has 0 radical (unpaired) electrons. The highest BCUT2D eigenvalue weighted by Gasteiger charge is 2.23. The van der Waals surface area contributed by atoms with Crippen LogP contribution in [-0.4, -0.2) is 26.3 Å². The van der Waals surface area contributed by atoms with Crippen molar-refractivity contribution in [2.45, 2.75) is 38.2 Å². The fourth-order valence-electron chi connectivity index (χ4n) is 5.76. The summed E-state index contributed by atoms with van der Waals surface area (Å²) in [6, 6.07) is 40.7. The molecule has 4 nitrogen and oxygen atoms in total. The van der Waals surface area contributed by atoms with Gasteiger partial charge in [-0.2, -0.15) is 12.6 Å².